The van der Waals surface area contributed by atoms with E-state index in [1.807, 2.05) is 65.4 Å². The fourth-order valence-electron chi connectivity index (χ4n) is 4.06. The van der Waals surface area contributed by atoms with Crippen molar-refractivity contribution in [2.24, 2.45) is 0 Å². The predicted octanol–water partition coefficient (Wildman–Crippen LogP) is 5.40. The minimum Gasteiger partial charge on any atom is -0.495 e. The average Bonchev–Trinajstić information content (AvgIpc) is 3.55. The zero-order valence-electron chi connectivity index (χ0n) is 19.0. The van der Waals surface area contributed by atoms with E-state index in [1.54, 1.807) is 31.6 Å². The first-order valence-corrected chi connectivity index (χ1v) is 11.8. The number of amides is 1. The second kappa shape index (κ2) is 9.52. The molecule has 8 heteroatoms. The summed E-state index contributed by atoms with van der Waals surface area (Å²) in [6.45, 7) is 1.25. The number of methoxy groups -OCH3 is 2. The number of hydrogen-bond acceptors (Lipinski definition) is 6. The summed E-state index contributed by atoms with van der Waals surface area (Å²) < 4.78 is 13.9. The lowest BCUT2D eigenvalue weighted by Gasteiger charge is -2.21. The molecule has 5 aromatic rings. The van der Waals surface area contributed by atoms with Gasteiger partial charge in [-0.05, 0) is 35.4 Å². The van der Waals surface area contributed by atoms with Gasteiger partial charge in [0, 0.05) is 31.0 Å². The Bertz CT molecular complexity index is 1400. The number of aryl methyl sites for hydroxylation is 1. The van der Waals surface area contributed by atoms with Crippen molar-refractivity contribution in [2.75, 3.05) is 25.7 Å². The van der Waals surface area contributed by atoms with Crippen LogP contribution in [0.5, 0.6) is 11.5 Å². The first kappa shape index (κ1) is 21.9. The van der Waals surface area contributed by atoms with E-state index in [9.17, 15) is 4.79 Å². The molecule has 0 spiro atoms. The van der Waals surface area contributed by atoms with Crippen LogP contribution in [-0.2, 0) is 6.54 Å². The Morgan fingerprint density at radius 2 is 1.82 bits per heavy atom. The van der Waals surface area contributed by atoms with Crippen molar-refractivity contribution in [3.63, 3.8) is 0 Å². The molecular formula is C26H24N4O3S. The number of anilines is 1. The molecule has 7 nitrogen and oxygen atoms in total. The predicted molar refractivity (Wildman–Crippen MR) is 135 cm³/mol. The zero-order chi connectivity index (χ0) is 23.5. The molecule has 0 fully saturated rings. The molecule has 2 heterocycles. The van der Waals surface area contributed by atoms with E-state index in [0.717, 1.165) is 28.4 Å². The van der Waals surface area contributed by atoms with E-state index in [0.29, 0.717) is 34.3 Å². The summed E-state index contributed by atoms with van der Waals surface area (Å²) in [4.78, 5) is 24.7. The van der Waals surface area contributed by atoms with Gasteiger partial charge in [-0.1, -0.05) is 47.7 Å². The molecule has 0 unspecified atom stereocenters. The smallest absolute Gasteiger partial charge is 0.260 e. The van der Waals surface area contributed by atoms with E-state index in [-0.39, 0.29) is 5.91 Å². The monoisotopic (exact) mass is 472 g/mol. The van der Waals surface area contributed by atoms with Gasteiger partial charge in [0.15, 0.2) is 5.13 Å². The van der Waals surface area contributed by atoms with Crippen molar-refractivity contribution in [3.8, 4) is 11.5 Å². The number of ether oxygens (including phenoxy) is 2. The molecule has 0 aliphatic rings. The molecule has 3 aromatic carbocycles. The second-order valence-corrected chi connectivity index (χ2v) is 8.76. The number of aromatic nitrogens is 3. The Morgan fingerprint density at radius 1 is 1.03 bits per heavy atom. The van der Waals surface area contributed by atoms with Crippen molar-refractivity contribution in [2.45, 2.75) is 13.0 Å². The number of nitrogens with zero attached hydrogens (tertiary/aromatic N) is 4. The van der Waals surface area contributed by atoms with E-state index in [1.165, 1.54) is 11.3 Å². The number of hydrogen-bond donors (Lipinski definition) is 0. The van der Waals surface area contributed by atoms with Crippen LogP contribution >= 0.6 is 11.3 Å². The standard InChI is InChI=1S/C26H24N4O3S/c1-32-21-11-12-22(33-2)24-23(21)28-26(34-24)30(15-6-14-29-16-13-27-17-29)25(31)20-10-5-8-18-7-3-4-9-19(18)20/h3-5,7-13,16-17H,6,14-15H2,1-2H3. The Hall–Kier alpha value is -3.91. The summed E-state index contributed by atoms with van der Waals surface area (Å²) in [6.07, 6.45) is 6.21. The van der Waals surface area contributed by atoms with Crippen molar-refractivity contribution in [1.29, 1.82) is 0 Å². The summed E-state index contributed by atoms with van der Waals surface area (Å²) >= 11 is 1.43. The molecule has 0 saturated carbocycles. The van der Waals surface area contributed by atoms with E-state index >= 15 is 0 Å². The molecule has 2 aromatic heterocycles. The van der Waals surface area contributed by atoms with Crippen molar-refractivity contribution in [1.82, 2.24) is 14.5 Å². The van der Waals surface area contributed by atoms with Gasteiger partial charge in [0.25, 0.3) is 5.91 Å². The Labute approximate surface area is 201 Å². The van der Waals surface area contributed by atoms with Crippen LogP contribution in [0.15, 0.2) is 73.3 Å². The van der Waals surface area contributed by atoms with Crippen LogP contribution in [0.2, 0.25) is 0 Å². The maximum atomic E-state index is 13.9. The average molecular weight is 473 g/mol. The summed E-state index contributed by atoms with van der Waals surface area (Å²) in [5, 5.41) is 2.56. The highest BCUT2D eigenvalue weighted by Crippen LogP contribution is 2.40. The quantitative estimate of drug-likeness (QED) is 0.302. The molecule has 0 N–H and O–H groups in total. The van der Waals surface area contributed by atoms with E-state index in [4.69, 9.17) is 14.5 Å². The molecule has 0 atom stereocenters. The van der Waals surface area contributed by atoms with Crippen LogP contribution in [-0.4, -0.2) is 41.2 Å². The van der Waals surface area contributed by atoms with Crippen LogP contribution in [0.25, 0.3) is 21.0 Å². The Morgan fingerprint density at radius 3 is 2.62 bits per heavy atom. The zero-order valence-corrected chi connectivity index (χ0v) is 19.8. The largest absolute Gasteiger partial charge is 0.495 e. The van der Waals surface area contributed by atoms with Crippen LogP contribution in [0.4, 0.5) is 5.13 Å². The summed E-state index contributed by atoms with van der Waals surface area (Å²) in [7, 11) is 3.25. The van der Waals surface area contributed by atoms with Crippen molar-refractivity contribution >= 4 is 43.4 Å². The lowest BCUT2D eigenvalue weighted by atomic mass is 10.0. The molecule has 0 radical (unpaired) electrons. The normalized spacial score (nSPS) is 11.1. The maximum Gasteiger partial charge on any atom is 0.260 e. The van der Waals surface area contributed by atoms with Crippen LogP contribution in [0, 0.1) is 0 Å². The van der Waals surface area contributed by atoms with Gasteiger partial charge in [-0.3, -0.25) is 9.69 Å². The summed E-state index contributed by atoms with van der Waals surface area (Å²) in [6, 6.07) is 17.4. The molecule has 1 amide bonds. The molecule has 172 valence electrons. The van der Waals surface area contributed by atoms with Crippen LogP contribution < -0.4 is 14.4 Å². The SMILES string of the molecule is COc1ccc(OC)c2sc(N(CCCn3ccnc3)C(=O)c3cccc4ccccc34)nc12. The number of rotatable bonds is 8. The van der Waals surface area contributed by atoms with Gasteiger partial charge in [-0.25, -0.2) is 9.97 Å². The van der Waals surface area contributed by atoms with E-state index in [2.05, 4.69) is 4.98 Å². The topological polar surface area (TPSA) is 69.5 Å². The second-order valence-electron chi connectivity index (χ2n) is 7.78. The van der Waals surface area contributed by atoms with Gasteiger partial charge in [0.2, 0.25) is 0 Å². The van der Waals surface area contributed by atoms with Gasteiger partial charge in [0.05, 0.1) is 20.5 Å². The fraction of sp³-hybridized carbons (Fsp3) is 0.192. The van der Waals surface area contributed by atoms with Gasteiger partial charge >= 0.3 is 0 Å². The Balaban J connectivity index is 1.57. The first-order valence-electron chi connectivity index (χ1n) is 11.0. The third-order valence-corrected chi connectivity index (χ3v) is 6.85. The lowest BCUT2D eigenvalue weighted by Crippen LogP contribution is -2.32. The number of thiazole rings is 1. The fourth-order valence-corrected chi connectivity index (χ4v) is 5.16. The van der Waals surface area contributed by atoms with Gasteiger partial charge in [-0.15, -0.1) is 0 Å². The number of imidazole rings is 1. The molecule has 0 saturated heterocycles. The van der Waals surface area contributed by atoms with Gasteiger partial charge < -0.3 is 14.0 Å². The van der Waals surface area contributed by atoms with Crippen LogP contribution in [0.3, 0.4) is 0 Å². The molecular weight excluding hydrogens is 448 g/mol. The molecule has 0 aliphatic carbocycles. The highest BCUT2D eigenvalue weighted by Gasteiger charge is 2.24. The maximum absolute atomic E-state index is 13.9. The highest BCUT2D eigenvalue weighted by molar-refractivity contribution is 7.22. The number of carbonyl (C=O) groups excluding carboxylic acids is 1. The van der Waals surface area contributed by atoms with Crippen molar-refractivity contribution < 1.29 is 14.3 Å². The number of carbonyl (C=O) groups is 1. The minimum atomic E-state index is -0.0839. The van der Waals surface area contributed by atoms with Crippen molar-refractivity contribution in [3.05, 3.63) is 78.9 Å². The van der Waals surface area contributed by atoms with E-state index < -0.39 is 0 Å². The summed E-state index contributed by atoms with van der Waals surface area (Å²) in [5.74, 6) is 1.27. The van der Waals surface area contributed by atoms with Gasteiger partial charge in [-0.2, -0.15) is 0 Å². The minimum absolute atomic E-state index is 0.0839. The van der Waals surface area contributed by atoms with Crippen LogP contribution in [0.1, 0.15) is 16.8 Å². The number of fused-ring (bicyclic) bond motifs is 2. The third-order valence-electron chi connectivity index (χ3n) is 5.75. The molecule has 0 bridgehead atoms. The van der Waals surface area contributed by atoms with Gasteiger partial charge in [0.1, 0.15) is 21.7 Å². The first-order chi connectivity index (χ1) is 16.7. The highest BCUT2D eigenvalue weighted by atomic mass is 32.1. The molecule has 34 heavy (non-hydrogen) atoms. The molecule has 0 aliphatic heterocycles. The number of benzene rings is 3. The Kier molecular flexibility index (Phi) is 6.14. The third kappa shape index (κ3) is 4.08. The lowest BCUT2D eigenvalue weighted by molar-refractivity contribution is 0.0988. The summed E-state index contributed by atoms with van der Waals surface area (Å²) in [5.41, 5.74) is 1.34. The molecule has 5 rings (SSSR count).